The summed E-state index contributed by atoms with van der Waals surface area (Å²) in [6, 6.07) is 0.999. The molecule has 2 unspecified atom stereocenters. The molecule has 2 saturated heterocycles. The highest BCUT2D eigenvalue weighted by molar-refractivity contribution is 4.87. The standard InChI is InChI=1S/C8H15NO2/c10-3-6-1-7-4-11-5-8(2-6)9-7/h6-10H,1-5H2. The van der Waals surface area contributed by atoms with Crippen LogP contribution in [0.3, 0.4) is 0 Å². The molecule has 0 radical (unpaired) electrons. The summed E-state index contributed by atoms with van der Waals surface area (Å²) in [6.07, 6.45) is 2.15. The van der Waals surface area contributed by atoms with Crippen molar-refractivity contribution >= 4 is 0 Å². The molecular weight excluding hydrogens is 142 g/mol. The van der Waals surface area contributed by atoms with E-state index < -0.39 is 0 Å². The number of aliphatic hydroxyl groups excluding tert-OH is 1. The van der Waals surface area contributed by atoms with Crippen LogP contribution in [0.2, 0.25) is 0 Å². The van der Waals surface area contributed by atoms with Crippen LogP contribution in [-0.2, 0) is 4.74 Å². The maximum Gasteiger partial charge on any atom is 0.0620 e. The third-order valence-corrected chi connectivity index (χ3v) is 2.60. The minimum atomic E-state index is 0.342. The number of morpholine rings is 1. The molecule has 0 aliphatic carbocycles. The number of rotatable bonds is 1. The molecule has 0 amide bonds. The van der Waals surface area contributed by atoms with Gasteiger partial charge in [0.05, 0.1) is 13.2 Å². The minimum Gasteiger partial charge on any atom is -0.396 e. The molecule has 3 nitrogen and oxygen atoms in total. The molecule has 0 aromatic carbocycles. The summed E-state index contributed by atoms with van der Waals surface area (Å²) >= 11 is 0. The van der Waals surface area contributed by atoms with Crippen LogP contribution in [0, 0.1) is 5.92 Å². The molecule has 2 bridgehead atoms. The van der Waals surface area contributed by atoms with Gasteiger partial charge in [-0.3, -0.25) is 0 Å². The molecule has 11 heavy (non-hydrogen) atoms. The van der Waals surface area contributed by atoms with E-state index in [1.165, 1.54) is 0 Å². The van der Waals surface area contributed by atoms with Crippen LogP contribution in [0.15, 0.2) is 0 Å². The maximum atomic E-state index is 8.98. The van der Waals surface area contributed by atoms with Crippen molar-refractivity contribution in [3.05, 3.63) is 0 Å². The fraction of sp³-hybridized carbons (Fsp3) is 1.00. The second kappa shape index (κ2) is 3.09. The van der Waals surface area contributed by atoms with E-state index in [4.69, 9.17) is 9.84 Å². The molecule has 0 aromatic heterocycles. The fourth-order valence-corrected chi connectivity index (χ4v) is 2.10. The van der Waals surface area contributed by atoms with Gasteiger partial charge in [-0.25, -0.2) is 0 Å². The Labute approximate surface area is 66.7 Å². The Hall–Kier alpha value is -0.120. The maximum absolute atomic E-state index is 8.98. The third-order valence-electron chi connectivity index (χ3n) is 2.60. The molecule has 2 N–H and O–H groups in total. The first-order valence-corrected chi connectivity index (χ1v) is 4.33. The highest BCUT2D eigenvalue weighted by Gasteiger charge is 2.31. The molecule has 2 heterocycles. The first-order valence-electron chi connectivity index (χ1n) is 4.33. The average Bonchev–Trinajstić information content (AvgIpc) is 2.03. The van der Waals surface area contributed by atoms with E-state index in [0.717, 1.165) is 26.1 Å². The SMILES string of the molecule is OCC1CC2COCC(C1)N2. The van der Waals surface area contributed by atoms with Crippen molar-refractivity contribution in [1.29, 1.82) is 0 Å². The van der Waals surface area contributed by atoms with Gasteiger partial charge in [0.2, 0.25) is 0 Å². The number of nitrogens with one attached hydrogen (secondary N) is 1. The Morgan fingerprint density at radius 2 is 1.91 bits per heavy atom. The monoisotopic (exact) mass is 157 g/mol. The van der Waals surface area contributed by atoms with Crippen molar-refractivity contribution < 1.29 is 9.84 Å². The summed E-state index contributed by atoms with van der Waals surface area (Å²) in [5, 5.41) is 12.5. The predicted octanol–water partition coefficient (Wildman–Crippen LogP) is -0.254. The Balaban J connectivity index is 1.94. The van der Waals surface area contributed by atoms with Gasteiger partial charge >= 0.3 is 0 Å². The van der Waals surface area contributed by atoms with Crippen LogP contribution in [0.25, 0.3) is 0 Å². The first kappa shape index (κ1) is 7.53. The van der Waals surface area contributed by atoms with Gasteiger partial charge in [-0.05, 0) is 18.8 Å². The molecule has 2 fully saturated rings. The number of ether oxygens (including phenoxy) is 1. The van der Waals surface area contributed by atoms with E-state index >= 15 is 0 Å². The molecule has 2 aliphatic rings. The largest absolute Gasteiger partial charge is 0.396 e. The Kier molecular flexibility index (Phi) is 2.11. The second-order valence-corrected chi connectivity index (χ2v) is 3.62. The second-order valence-electron chi connectivity index (χ2n) is 3.62. The Morgan fingerprint density at radius 3 is 2.45 bits per heavy atom. The van der Waals surface area contributed by atoms with Gasteiger partial charge in [-0.2, -0.15) is 0 Å². The average molecular weight is 157 g/mol. The van der Waals surface area contributed by atoms with E-state index in [1.807, 2.05) is 0 Å². The smallest absolute Gasteiger partial charge is 0.0620 e. The van der Waals surface area contributed by atoms with E-state index in [-0.39, 0.29) is 0 Å². The van der Waals surface area contributed by atoms with Gasteiger partial charge < -0.3 is 15.2 Å². The number of aliphatic hydroxyl groups is 1. The zero-order valence-electron chi connectivity index (χ0n) is 6.62. The van der Waals surface area contributed by atoms with Gasteiger partial charge in [-0.1, -0.05) is 0 Å². The zero-order chi connectivity index (χ0) is 7.68. The van der Waals surface area contributed by atoms with E-state index in [2.05, 4.69) is 5.32 Å². The number of hydrogen-bond acceptors (Lipinski definition) is 3. The highest BCUT2D eigenvalue weighted by atomic mass is 16.5. The van der Waals surface area contributed by atoms with Crippen LogP contribution >= 0.6 is 0 Å². The van der Waals surface area contributed by atoms with Crippen LogP contribution in [-0.4, -0.2) is 37.0 Å². The summed E-state index contributed by atoms with van der Waals surface area (Å²) < 4.78 is 5.39. The summed E-state index contributed by atoms with van der Waals surface area (Å²) in [6.45, 7) is 1.99. The lowest BCUT2D eigenvalue weighted by atomic mass is 9.88. The number of fused-ring (bicyclic) bond motifs is 2. The van der Waals surface area contributed by atoms with Crippen molar-refractivity contribution in [2.24, 2.45) is 5.92 Å². The highest BCUT2D eigenvalue weighted by Crippen LogP contribution is 2.22. The lowest BCUT2D eigenvalue weighted by Crippen LogP contribution is -2.54. The van der Waals surface area contributed by atoms with Crippen molar-refractivity contribution in [3.63, 3.8) is 0 Å². The quantitative estimate of drug-likeness (QED) is 0.551. The summed E-state index contributed by atoms with van der Waals surface area (Å²) in [7, 11) is 0. The van der Waals surface area contributed by atoms with Crippen molar-refractivity contribution in [1.82, 2.24) is 5.32 Å². The molecule has 3 heteroatoms. The van der Waals surface area contributed by atoms with Crippen LogP contribution in [0.1, 0.15) is 12.8 Å². The van der Waals surface area contributed by atoms with Crippen LogP contribution in [0.5, 0.6) is 0 Å². The lowest BCUT2D eigenvalue weighted by Gasteiger charge is -2.39. The van der Waals surface area contributed by atoms with Gasteiger partial charge in [0.15, 0.2) is 0 Å². The van der Waals surface area contributed by atoms with Crippen molar-refractivity contribution in [3.8, 4) is 0 Å². The fourth-order valence-electron chi connectivity index (χ4n) is 2.10. The van der Waals surface area contributed by atoms with Gasteiger partial charge in [-0.15, -0.1) is 0 Å². The van der Waals surface area contributed by atoms with Crippen molar-refractivity contribution in [2.45, 2.75) is 24.9 Å². The minimum absolute atomic E-state index is 0.342. The van der Waals surface area contributed by atoms with E-state index in [1.54, 1.807) is 0 Å². The van der Waals surface area contributed by atoms with Crippen molar-refractivity contribution in [2.75, 3.05) is 19.8 Å². The summed E-state index contributed by atoms with van der Waals surface area (Å²) in [5.74, 6) is 0.509. The predicted molar refractivity (Wildman–Crippen MR) is 41.3 cm³/mol. The Bertz CT molecular complexity index is 128. The zero-order valence-corrected chi connectivity index (χ0v) is 6.62. The summed E-state index contributed by atoms with van der Waals surface area (Å²) in [5.41, 5.74) is 0. The van der Waals surface area contributed by atoms with Gasteiger partial charge in [0.1, 0.15) is 0 Å². The van der Waals surface area contributed by atoms with Crippen LogP contribution < -0.4 is 5.32 Å². The van der Waals surface area contributed by atoms with Gasteiger partial charge in [0.25, 0.3) is 0 Å². The molecule has 2 atom stereocenters. The molecule has 0 aromatic rings. The molecule has 0 saturated carbocycles. The van der Waals surface area contributed by atoms with Gasteiger partial charge in [0, 0.05) is 18.7 Å². The normalized spacial score (nSPS) is 43.9. The summed E-state index contributed by atoms with van der Waals surface area (Å²) in [4.78, 5) is 0. The number of hydrogen-bond donors (Lipinski definition) is 2. The topological polar surface area (TPSA) is 41.5 Å². The number of piperidine rings is 1. The molecular formula is C8H15NO2. The van der Waals surface area contributed by atoms with E-state index in [0.29, 0.717) is 24.6 Å². The van der Waals surface area contributed by atoms with Crippen LogP contribution in [0.4, 0.5) is 0 Å². The molecule has 0 spiro atoms. The Morgan fingerprint density at radius 1 is 1.27 bits per heavy atom. The molecule has 2 rings (SSSR count). The lowest BCUT2D eigenvalue weighted by molar-refractivity contribution is -0.00111. The molecule has 2 aliphatic heterocycles. The molecule has 64 valence electrons. The third kappa shape index (κ3) is 1.55. The first-order chi connectivity index (χ1) is 5.38. The van der Waals surface area contributed by atoms with E-state index in [9.17, 15) is 0 Å².